The number of aromatic nitrogens is 1. The second kappa shape index (κ2) is 10.6. The number of hydrogen-bond donors (Lipinski definition) is 1. The molecule has 0 saturated carbocycles. The van der Waals surface area contributed by atoms with E-state index in [1.54, 1.807) is 13.8 Å². The second-order valence-electron chi connectivity index (χ2n) is 8.30. The summed E-state index contributed by atoms with van der Waals surface area (Å²) < 4.78 is 24.9. The van der Waals surface area contributed by atoms with Gasteiger partial charge in [0.25, 0.3) is 0 Å². The van der Waals surface area contributed by atoms with Gasteiger partial charge in [-0.2, -0.15) is 10.5 Å². The van der Waals surface area contributed by atoms with Gasteiger partial charge in [-0.25, -0.2) is 14.2 Å². The summed E-state index contributed by atoms with van der Waals surface area (Å²) >= 11 is 1.22. The summed E-state index contributed by atoms with van der Waals surface area (Å²) in [7, 11) is 0. The minimum Gasteiger partial charge on any atom is -0.459 e. The number of esters is 1. The van der Waals surface area contributed by atoms with Crippen molar-refractivity contribution < 1.29 is 18.7 Å². The summed E-state index contributed by atoms with van der Waals surface area (Å²) in [6.45, 7) is 9.04. The minimum absolute atomic E-state index is 0.0268. The Hall–Kier alpha value is -3.82. The number of aryl methyl sites for hydroxylation is 1. The van der Waals surface area contributed by atoms with E-state index in [-0.39, 0.29) is 28.5 Å². The number of rotatable bonds is 6. The molecule has 1 aliphatic rings. The number of halogens is 1. The summed E-state index contributed by atoms with van der Waals surface area (Å²) in [6.07, 6.45) is -0.430. The van der Waals surface area contributed by atoms with E-state index in [1.165, 1.54) is 36.0 Å². The number of benzene rings is 1. The minimum atomic E-state index is -0.902. The molecule has 0 spiro atoms. The van der Waals surface area contributed by atoms with Crippen LogP contribution in [0.1, 0.15) is 47.7 Å². The molecule has 7 nitrogen and oxygen atoms in total. The smallest absolute Gasteiger partial charge is 0.338 e. The Kier molecular flexibility index (Phi) is 7.83. The lowest BCUT2D eigenvalue weighted by Crippen LogP contribution is -2.28. The fraction of sp³-hybridized carbons (Fsp3) is 0.308. The number of allylic oxidation sites excluding steroid dienone is 1. The lowest BCUT2D eigenvalue weighted by atomic mass is 9.83. The molecule has 35 heavy (non-hydrogen) atoms. The number of carbonyl (C=O) groups is 1. The van der Waals surface area contributed by atoms with Gasteiger partial charge >= 0.3 is 5.97 Å². The number of thioether (sulfide) groups is 1. The monoisotopic (exact) mass is 492 g/mol. The molecular weight excluding hydrogens is 467 g/mol. The van der Waals surface area contributed by atoms with E-state index in [1.807, 2.05) is 26.8 Å². The first kappa shape index (κ1) is 25.8. The first-order valence-corrected chi connectivity index (χ1v) is 11.8. The van der Waals surface area contributed by atoms with Crippen molar-refractivity contribution in [3.63, 3.8) is 0 Å². The molecule has 2 N–H and O–H groups in total. The Morgan fingerprint density at radius 3 is 2.43 bits per heavy atom. The summed E-state index contributed by atoms with van der Waals surface area (Å²) in [6, 6.07) is 9.70. The number of ether oxygens (including phenoxy) is 2. The lowest BCUT2D eigenvalue weighted by molar-refractivity contribution is -0.143. The maximum absolute atomic E-state index is 13.6. The fourth-order valence-electron chi connectivity index (χ4n) is 3.70. The molecule has 1 unspecified atom stereocenters. The van der Waals surface area contributed by atoms with Gasteiger partial charge in [-0.15, -0.1) is 0 Å². The molecule has 0 radical (unpaired) electrons. The van der Waals surface area contributed by atoms with Crippen LogP contribution in [0.4, 0.5) is 4.39 Å². The van der Waals surface area contributed by atoms with Gasteiger partial charge in [0.2, 0.25) is 5.88 Å². The highest BCUT2D eigenvalue weighted by Gasteiger charge is 2.38. The normalized spacial score (nSPS) is 15.5. The van der Waals surface area contributed by atoms with Crippen molar-refractivity contribution in [2.75, 3.05) is 5.75 Å². The Morgan fingerprint density at radius 2 is 1.86 bits per heavy atom. The zero-order valence-corrected chi connectivity index (χ0v) is 20.9. The number of pyridine rings is 1. The maximum Gasteiger partial charge on any atom is 0.338 e. The van der Waals surface area contributed by atoms with Crippen molar-refractivity contribution in [1.29, 1.82) is 10.5 Å². The zero-order chi connectivity index (χ0) is 25.9. The van der Waals surface area contributed by atoms with Gasteiger partial charge < -0.3 is 15.2 Å². The fourth-order valence-corrected chi connectivity index (χ4v) is 4.72. The average Bonchev–Trinajstić information content (AvgIpc) is 2.80. The molecule has 0 aliphatic carbocycles. The highest BCUT2D eigenvalue weighted by molar-refractivity contribution is 7.99. The average molecular weight is 493 g/mol. The SMILES string of the molecule is Cc1nc(SCC2=C(C(=O)OC(C)C)C(c3ccc(F)cc3)C(C#N)=C(N)O2)c(C#N)c(C)c1C. The molecule has 0 saturated heterocycles. The van der Waals surface area contributed by atoms with Gasteiger partial charge in [0.15, 0.2) is 0 Å². The zero-order valence-electron chi connectivity index (χ0n) is 20.1. The molecule has 0 fully saturated rings. The predicted octanol–water partition coefficient (Wildman–Crippen LogP) is 4.82. The first-order chi connectivity index (χ1) is 16.6. The van der Waals surface area contributed by atoms with Crippen molar-refractivity contribution in [1.82, 2.24) is 4.98 Å². The molecular formula is C26H25FN4O3S. The van der Waals surface area contributed by atoms with Gasteiger partial charge in [-0.1, -0.05) is 23.9 Å². The summed E-state index contributed by atoms with van der Waals surface area (Å²) in [4.78, 5) is 17.8. The third kappa shape index (κ3) is 5.31. The molecule has 9 heteroatoms. The van der Waals surface area contributed by atoms with E-state index in [9.17, 15) is 19.7 Å². The third-order valence-corrected chi connectivity index (χ3v) is 6.65. The topological polar surface area (TPSA) is 122 Å². The van der Waals surface area contributed by atoms with Gasteiger partial charge in [-0.05, 0) is 63.4 Å². The number of nitriles is 2. The van der Waals surface area contributed by atoms with E-state index >= 15 is 0 Å². The lowest BCUT2D eigenvalue weighted by Gasteiger charge is -2.28. The van der Waals surface area contributed by atoms with Gasteiger partial charge in [0, 0.05) is 5.69 Å². The molecule has 1 aliphatic heterocycles. The quantitative estimate of drug-likeness (QED) is 0.450. The number of hydrogen-bond acceptors (Lipinski definition) is 8. The summed E-state index contributed by atoms with van der Waals surface area (Å²) in [5, 5.41) is 20.0. The van der Waals surface area contributed by atoms with Crippen molar-refractivity contribution in [3.8, 4) is 12.1 Å². The van der Waals surface area contributed by atoms with Crippen LogP contribution < -0.4 is 5.73 Å². The van der Waals surface area contributed by atoms with E-state index in [0.29, 0.717) is 16.2 Å². The largest absolute Gasteiger partial charge is 0.459 e. The van der Waals surface area contributed by atoms with Crippen LogP contribution >= 0.6 is 11.8 Å². The number of carbonyl (C=O) groups excluding carboxylic acids is 1. The Bertz CT molecular complexity index is 1320. The maximum atomic E-state index is 13.6. The Labute approximate surface area is 208 Å². The van der Waals surface area contributed by atoms with E-state index in [4.69, 9.17) is 15.2 Å². The summed E-state index contributed by atoms with van der Waals surface area (Å²) in [5.74, 6) is -1.89. The highest BCUT2D eigenvalue weighted by atomic mass is 32.2. The molecule has 0 amide bonds. The Morgan fingerprint density at radius 1 is 1.20 bits per heavy atom. The summed E-state index contributed by atoms with van der Waals surface area (Å²) in [5.41, 5.74) is 9.70. The van der Waals surface area contributed by atoms with Gasteiger partial charge in [-0.3, -0.25) is 0 Å². The van der Waals surface area contributed by atoms with Gasteiger partial charge in [0.1, 0.15) is 34.3 Å². The van der Waals surface area contributed by atoms with Crippen LogP contribution in [0.15, 0.2) is 52.1 Å². The van der Waals surface area contributed by atoms with Crippen LogP contribution in [-0.4, -0.2) is 22.8 Å². The van der Waals surface area contributed by atoms with E-state index in [2.05, 4.69) is 11.1 Å². The van der Waals surface area contributed by atoms with Crippen LogP contribution in [0.5, 0.6) is 0 Å². The molecule has 0 bridgehead atoms. The van der Waals surface area contributed by atoms with E-state index < -0.39 is 23.8 Å². The van der Waals surface area contributed by atoms with Crippen LogP contribution in [0.25, 0.3) is 0 Å². The molecule has 180 valence electrons. The van der Waals surface area contributed by atoms with E-state index in [0.717, 1.165) is 16.8 Å². The molecule has 1 aromatic carbocycles. The first-order valence-electron chi connectivity index (χ1n) is 10.9. The second-order valence-corrected chi connectivity index (χ2v) is 9.26. The molecule has 2 aromatic rings. The molecule has 1 atom stereocenters. The van der Waals surface area contributed by atoms with Crippen molar-refractivity contribution >= 4 is 17.7 Å². The van der Waals surface area contributed by atoms with Crippen LogP contribution in [-0.2, 0) is 14.3 Å². The van der Waals surface area contributed by atoms with Crippen molar-refractivity contribution in [2.24, 2.45) is 5.73 Å². The highest BCUT2D eigenvalue weighted by Crippen LogP contribution is 2.41. The predicted molar refractivity (Wildman–Crippen MR) is 129 cm³/mol. The number of nitrogens with zero attached hydrogens (tertiary/aromatic N) is 3. The standard InChI is InChI=1S/C26H25FN4O3S/c1-13(2)33-26(32)23-21(12-35-25-19(10-28)15(4)14(3)16(5)31-25)34-24(30)20(11-29)22(23)17-6-8-18(27)9-7-17/h6-9,13,22H,12,30H2,1-5H3. The molecule has 1 aromatic heterocycles. The van der Waals surface area contributed by atoms with Crippen molar-refractivity contribution in [2.45, 2.75) is 51.7 Å². The van der Waals surface area contributed by atoms with Crippen LogP contribution in [0, 0.1) is 49.3 Å². The van der Waals surface area contributed by atoms with Crippen molar-refractivity contribution in [3.05, 3.63) is 80.8 Å². The van der Waals surface area contributed by atoms with Crippen LogP contribution in [0.2, 0.25) is 0 Å². The van der Waals surface area contributed by atoms with Gasteiger partial charge in [0.05, 0.1) is 28.9 Å². The third-order valence-electron chi connectivity index (χ3n) is 5.68. The Balaban J connectivity index is 2.13. The number of nitrogens with two attached hydrogens (primary N) is 1. The molecule has 3 rings (SSSR count). The molecule has 2 heterocycles. The van der Waals surface area contributed by atoms with Crippen LogP contribution in [0.3, 0.4) is 0 Å².